The maximum absolute atomic E-state index is 4.74. The van der Waals surface area contributed by atoms with Gasteiger partial charge in [0.25, 0.3) is 0 Å². The number of rotatable bonds is 5. The van der Waals surface area contributed by atoms with E-state index in [9.17, 15) is 0 Å². The van der Waals surface area contributed by atoms with Gasteiger partial charge in [0, 0.05) is 24.4 Å². The van der Waals surface area contributed by atoms with Gasteiger partial charge in [-0.05, 0) is 25.2 Å². The van der Waals surface area contributed by atoms with Gasteiger partial charge < -0.3 is 5.32 Å². The molecule has 3 heteroatoms. The van der Waals surface area contributed by atoms with E-state index in [4.69, 9.17) is 4.98 Å². The highest BCUT2D eigenvalue weighted by Gasteiger charge is 2.24. The molecule has 0 aliphatic heterocycles. The van der Waals surface area contributed by atoms with E-state index in [1.165, 1.54) is 12.8 Å². The van der Waals surface area contributed by atoms with Crippen molar-refractivity contribution in [3.8, 4) is 0 Å². The van der Waals surface area contributed by atoms with Crippen LogP contribution in [-0.2, 0) is 11.8 Å². The van der Waals surface area contributed by atoms with Crippen molar-refractivity contribution in [3.05, 3.63) is 17.6 Å². The van der Waals surface area contributed by atoms with E-state index in [1.807, 2.05) is 0 Å². The molecule has 1 aromatic heterocycles. The molecule has 18 heavy (non-hydrogen) atoms. The normalized spacial score (nSPS) is 15.8. The maximum Gasteiger partial charge on any atom is 0.131 e. The van der Waals surface area contributed by atoms with Gasteiger partial charge in [0.05, 0.1) is 5.69 Å². The highest BCUT2D eigenvalue weighted by Crippen LogP contribution is 2.32. The van der Waals surface area contributed by atoms with Crippen molar-refractivity contribution >= 4 is 5.82 Å². The van der Waals surface area contributed by atoms with Crippen LogP contribution in [0.5, 0.6) is 0 Å². The number of aromatic nitrogens is 2. The summed E-state index contributed by atoms with van der Waals surface area (Å²) in [7, 11) is 0. The van der Waals surface area contributed by atoms with Gasteiger partial charge in [-0.3, -0.25) is 0 Å². The summed E-state index contributed by atoms with van der Waals surface area (Å²) in [4.78, 5) is 9.38. The molecule has 0 spiro atoms. The molecule has 1 saturated carbocycles. The van der Waals surface area contributed by atoms with Crippen LogP contribution in [0.3, 0.4) is 0 Å². The summed E-state index contributed by atoms with van der Waals surface area (Å²) >= 11 is 0. The summed E-state index contributed by atoms with van der Waals surface area (Å²) in [6.07, 6.45) is 4.86. The Hall–Kier alpha value is -1.12. The maximum atomic E-state index is 4.74. The second-order valence-electron chi connectivity index (χ2n) is 6.38. The summed E-state index contributed by atoms with van der Waals surface area (Å²) in [6, 6.07) is 2.10. The predicted octanol–water partition coefficient (Wildman–Crippen LogP) is 3.55. The topological polar surface area (TPSA) is 37.8 Å². The molecule has 100 valence electrons. The molecule has 0 radical (unpaired) electrons. The molecule has 1 aliphatic rings. The Morgan fingerprint density at radius 3 is 2.56 bits per heavy atom. The monoisotopic (exact) mass is 247 g/mol. The molecule has 0 bridgehead atoms. The van der Waals surface area contributed by atoms with E-state index in [1.54, 1.807) is 0 Å². The molecule has 0 aromatic carbocycles. The first-order valence-corrected chi connectivity index (χ1v) is 7.11. The van der Waals surface area contributed by atoms with Gasteiger partial charge in [-0.15, -0.1) is 0 Å². The fourth-order valence-electron chi connectivity index (χ4n) is 1.90. The lowest BCUT2D eigenvalue weighted by Crippen LogP contribution is -2.17. The molecule has 2 rings (SSSR count). The molecule has 1 aliphatic carbocycles. The van der Waals surface area contributed by atoms with Crippen LogP contribution < -0.4 is 5.32 Å². The Kier molecular flexibility index (Phi) is 3.88. The third-order valence-electron chi connectivity index (χ3n) is 3.27. The summed E-state index contributed by atoms with van der Waals surface area (Å²) in [5.41, 5.74) is 1.23. The Labute approximate surface area is 110 Å². The van der Waals surface area contributed by atoms with E-state index in [2.05, 4.69) is 44.1 Å². The summed E-state index contributed by atoms with van der Waals surface area (Å²) in [5.74, 6) is 2.84. The molecule has 0 atom stereocenters. The zero-order valence-corrected chi connectivity index (χ0v) is 12.1. The standard InChI is InChI=1S/C15H25N3/c1-5-8-16-13-10-12(15(2,3)4)17-14(18-13)9-11-6-7-11/h10-11H,5-9H2,1-4H3,(H,16,17,18). The molecule has 1 fully saturated rings. The average molecular weight is 247 g/mol. The molecule has 0 amide bonds. The molecule has 1 heterocycles. The summed E-state index contributed by atoms with van der Waals surface area (Å²) < 4.78 is 0. The molecule has 1 aromatic rings. The zero-order chi connectivity index (χ0) is 13.2. The summed E-state index contributed by atoms with van der Waals surface area (Å²) in [6.45, 7) is 9.77. The van der Waals surface area contributed by atoms with Crippen molar-refractivity contribution in [2.24, 2.45) is 5.92 Å². The van der Waals surface area contributed by atoms with Gasteiger partial charge in [0.1, 0.15) is 11.6 Å². The highest BCUT2D eigenvalue weighted by molar-refractivity contribution is 5.38. The van der Waals surface area contributed by atoms with Gasteiger partial charge >= 0.3 is 0 Å². The van der Waals surface area contributed by atoms with E-state index in [-0.39, 0.29) is 5.41 Å². The van der Waals surface area contributed by atoms with Gasteiger partial charge in [0.2, 0.25) is 0 Å². The average Bonchev–Trinajstić information content (AvgIpc) is 3.09. The summed E-state index contributed by atoms with van der Waals surface area (Å²) in [5, 5.41) is 3.39. The number of anilines is 1. The smallest absolute Gasteiger partial charge is 0.131 e. The fourth-order valence-corrected chi connectivity index (χ4v) is 1.90. The van der Waals surface area contributed by atoms with Crippen LogP contribution in [0.15, 0.2) is 6.07 Å². The third kappa shape index (κ3) is 3.69. The SMILES string of the molecule is CCCNc1cc(C(C)(C)C)nc(CC2CC2)n1. The van der Waals surface area contributed by atoms with Crippen molar-refractivity contribution in [2.75, 3.05) is 11.9 Å². The van der Waals surface area contributed by atoms with Crippen molar-refractivity contribution < 1.29 is 0 Å². The van der Waals surface area contributed by atoms with Crippen LogP contribution in [0.1, 0.15) is 58.5 Å². The van der Waals surface area contributed by atoms with Gasteiger partial charge in [-0.2, -0.15) is 0 Å². The first kappa shape index (κ1) is 13.3. The lowest BCUT2D eigenvalue weighted by atomic mass is 9.92. The Balaban J connectivity index is 2.22. The Bertz CT molecular complexity index is 403. The van der Waals surface area contributed by atoms with Crippen molar-refractivity contribution in [2.45, 2.75) is 58.8 Å². The second kappa shape index (κ2) is 5.25. The van der Waals surface area contributed by atoms with Crippen molar-refractivity contribution in [1.82, 2.24) is 9.97 Å². The van der Waals surface area contributed by atoms with Gasteiger partial charge in [-0.1, -0.05) is 27.7 Å². The minimum absolute atomic E-state index is 0.0872. The quantitative estimate of drug-likeness (QED) is 0.864. The lowest BCUT2D eigenvalue weighted by molar-refractivity contribution is 0.560. The Morgan fingerprint density at radius 1 is 1.28 bits per heavy atom. The first-order chi connectivity index (χ1) is 8.49. The van der Waals surface area contributed by atoms with Gasteiger partial charge in [-0.25, -0.2) is 9.97 Å². The molecule has 3 nitrogen and oxygen atoms in total. The molecule has 0 unspecified atom stereocenters. The van der Waals surface area contributed by atoms with E-state index >= 15 is 0 Å². The van der Waals surface area contributed by atoms with Crippen LogP contribution >= 0.6 is 0 Å². The van der Waals surface area contributed by atoms with E-state index < -0.39 is 0 Å². The van der Waals surface area contributed by atoms with Crippen LogP contribution in [0.2, 0.25) is 0 Å². The van der Waals surface area contributed by atoms with E-state index in [0.717, 1.165) is 42.6 Å². The molecule has 0 saturated heterocycles. The van der Waals surface area contributed by atoms with Crippen LogP contribution in [-0.4, -0.2) is 16.5 Å². The number of hydrogen-bond acceptors (Lipinski definition) is 3. The van der Waals surface area contributed by atoms with Crippen LogP contribution in [0.25, 0.3) is 0 Å². The number of nitrogens with zero attached hydrogens (tertiary/aromatic N) is 2. The zero-order valence-electron chi connectivity index (χ0n) is 12.1. The number of nitrogens with one attached hydrogen (secondary N) is 1. The first-order valence-electron chi connectivity index (χ1n) is 7.11. The highest BCUT2D eigenvalue weighted by atomic mass is 15.0. The second-order valence-corrected chi connectivity index (χ2v) is 6.38. The van der Waals surface area contributed by atoms with Crippen molar-refractivity contribution in [1.29, 1.82) is 0 Å². The molecular formula is C15H25N3. The third-order valence-corrected chi connectivity index (χ3v) is 3.27. The van der Waals surface area contributed by atoms with E-state index in [0.29, 0.717) is 0 Å². The minimum atomic E-state index is 0.0872. The predicted molar refractivity (Wildman–Crippen MR) is 75.9 cm³/mol. The number of hydrogen-bond donors (Lipinski definition) is 1. The van der Waals surface area contributed by atoms with Crippen molar-refractivity contribution in [3.63, 3.8) is 0 Å². The van der Waals surface area contributed by atoms with Gasteiger partial charge in [0.15, 0.2) is 0 Å². The molecular weight excluding hydrogens is 222 g/mol. The Morgan fingerprint density at radius 2 is 2.00 bits per heavy atom. The largest absolute Gasteiger partial charge is 0.370 e. The lowest BCUT2D eigenvalue weighted by Gasteiger charge is -2.19. The fraction of sp³-hybridized carbons (Fsp3) is 0.733. The van der Waals surface area contributed by atoms with Crippen LogP contribution in [0, 0.1) is 5.92 Å². The van der Waals surface area contributed by atoms with Crippen LogP contribution in [0.4, 0.5) is 5.82 Å². The molecule has 1 N–H and O–H groups in total. The minimum Gasteiger partial charge on any atom is -0.370 e.